The average Bonchev–Trinajstić information content (AvgIpc) is 3.71. The van der Waals surface area contributed by atoms with Crippen LogP contribution in [0.4, 0.5) is 0 Å². The normalized spacial score (nSPS) is 14.9. The van der Waals surface area contributed by atoms with Gasteiger partial charge in [0.1, 0.15) is 6.23 Å². The molecule has 0 aromatic heterocycles. The van der Waals surface area contributed by atoms with Crippen molar-refractivity contribution in [2.75, 3.05) is 13.1 Å². The van der Waals surface area contributed by atoms with Gasteiger partial charge in [0.05, 0.1) is 17.2 Å². The number of Topliss-reactive ketones (excluding diaryl/α,β-unsaturated/α-hetero) is 1. The van der Waals surface area contributed by atoms with Gasteiger partial charge in [0.25, 0.3) is 0 Å². The van der Waals surface area contributed by atoms with E-state index in [1.165, 1.54) is 315 Å². The summed E-state index contributed by atoms with van der Waals surface area (Å²) in [5, 5.41) is 47.0. The van der Waals surface area contributed by atoms with Gasteiger partial charge in [-0.05, 0) is 83.5 Å². The van der Waals surface area contributed by atoms with E-state index in [1.807, 2.05) is 13.8 Å². The van der Waals surface area contributed by atoms with E-state index < -0.39 is 29.4 Å². The fourth-order valence-corrected chi connectivity index (χ4v) is 14.4. The molecule has 0 bridgehead atoms. The first-order valence-electron chi connectivity index (χ1n) is 40.0. The van der Waals surface area contributed by atoms with Crippen molar-refractivity contribution in [3.63, 3.8) is 0 Å². The quantitative estimate of drug-likeness (QED) is 0.0261. The van der Waals surface area contributed by atoms with Crippen molar-refractivity contribution in [3.8, 4) is 0 Å². The molecule has 88 heavy (non-hydrogen) atoms. The molecule has 0 spiro atoms. The van der Waals surface area contributed by atoms with Crippen LogP contribution in [0.3, 0.4) is 0 Å². The fourth-order valence-electron chi connectivity index (χ4n) is 14.4. The Morgan fingerprint density at radius 1 is 0.341 bits per heavy atom. The predicted octanol–water partition coefficient (Wildman–Crippen LogP) is 24.0. The largest absolute Gasteiger partial charge is 0.481 e. The first kappa shape index (κ1) is 86.9. The number of carbonyl (C=O) groups is 2. The maximum absolute atomic E-state index is 13.4. The first-order chi connectivity index (χ1) is 42.6. The second kappa shape index (κ2) is 63.3. The highest BCUT2D eigenvalue weighted by atomic mass is 16.4. The molecule has 0 amide bonds. The zero-order valence-corrected chi connectivity index (χ0v) is 60.9. The summed E-state index contributed by atoms with van der Waals surface area (Å²) in [7, 11) is 0. The minimum Gasteiger partial charge on any atom is -0.481 e. The first-order valence-corrected chi connectivity index (χ1v) is 40.0. The van der Waals surface area contributed by atoms with Crippen molar-refractivity contribution in [3.05, 3.63) is 0 Å². The summed E-state index contributed by atoms with van der Waals surface area (Å²) in [6.45, 7) is 18.1. The molecule has 0 aliphatic rings. The SMILES string of the molecule is CCCCCCCCC(CCCCCCCCC(=O)O)C(CCCCCCCC)CCCCCCCCC(=O)C(C)(C)NCCNC(O)CCCCCCCCC(CCCCCCCC)C(CCCCCCCC)CCCCCCCCC(C)(O)C(C)O. The Morgan fingerprint density at radius 2 is 0.591 bits per heavy atom. The third-order valence-electron chi connectivity index (χ3n) is 21.0. The maximum atomic E-state index is 13.4. The second-order valence-corrected chi connectivity index (χ2v) is 29.8. The van der Waals surface area contributed by atoms with Crippen LogP contribution in [-0.2, 0) is 9.59 Å². The molecular weight excluding hydrogens is 1080 g/mol. The van der Waals surface area contributed by atoms with Crippen molar-refractivity contribution >= 4 is 11.8 Å². The third kappa shape index (κ3) is 55.4. The molecule has 0 saturated heterocycles. The molecule has 6 N–H and O–H groups in total. The molecule has 8 heteroatoms. The Bertz CT molecular complexity index is 1450. The van der Waals surface area contributed by atoms with E-state index in [-0.39, 0.29) is 0 Å². The maximum Gasteiger partial charge on any atom is 0.303 e. The van der Waals surface area contributed by atoms with E-state index in [4.69, 9.17) is 5.11 Å². The summed E-state index contributed by atoms with van der Waals surface area (Å²) < 4.78 is 0. The van der Waals surface area contributed by atoms with Crippen molar-refractivity contribution in [1.82, 2.24) is 10.6 Å². The Hall–Kier alpha value is -1.06. The summed E-state index contributed by atoms with van der Waals surface area (Å²) in [5.74, 6) is 3.12. The lowest BCUT2D eigenvalue weighted by Crippen LogP contribution is -2.49. The number of carboxylic acid groups (broad SMARTS) is 1. The summed E-state index contributed by atoms with van der Waals surface area (Å²) in [5.41, 5.74) is -1.52. The molecule has 7 unspecified atom stereocenters. The van der Waals surface area contributed by atoms with Gasteiger partial charge in [-0.3, -0.25) is 14.9 Å². The third-order valence-corrected chi connectivity index (χ3v) is 21.0. The molecular formula is C80H160N2O6. The van der Waals surface area contributed by atoms with E-state index in [9.17, 15) is 24.9 Å². The number of carboxylic acids is 1. The molecule has 0 aliphatic carbocycles. The summed E-state index contributed by atoms with van der Waals surface area (Å²) in [4.78, 5) is 24.3. The average molecular weight is 1250 g/mol. The molecule has 8 nitrogen and oxygen atoms in total. The van der Waals surface area contributed by atoms with E-state index in [0.29, 0.717) is 38.1 Å². The molecule has 0 aromatic rings. The molecule has 7 atom stereocenters. The minimum atomic E-state index is -0.964. The summed E-state index contributed by atoms with van der Waals surface area (Å²) in [6, 6.07) is 0. The van der Waals surface area contributed by atoms with Gasteiger partial charge in [-0.1, -0.05) is 368 Å². The van der Waals surface area contributed by atoms with E-state index in [1.54, 1.807) is 13.8 Å². The van der Waals surface area contributed by atoms with Crippen molar-refractivity contribution in [1.29, 1.82) is 0 Å². The van der Waals surface area contributed by atoms with Crippen LogP contribution in [0.1, 0.15) is 441 Å². The lowest BCUT2D eigenvalue weighted by Gasteiger charge is -2.28. The Balaban J connectivity index is 4.83. The van der Waals surface area contributed by atoms with Crippen LogP contribution in [0.2, 0.25) is 0 Å². The molecule has 526 valence electrons. The number of ketones is 1. The van der Waals surface area contributed by atoms with Gasteiger partial charge in [0, 0.05) is 25.9 Å². The van der Waals surface area contributed by atoms with Gasteiger partial charge in [-0.15, -0.1) is 0 Å². The highest BCUT2D eigenvalue weighted by Crippen LogP contribution is 2.36. The molecule has 0 fully saturated rings. The van der Waals surface area contributed by atoms with Gasteiger partial charge in [0.15, 0.2) is 5.78 Å². The Morgan fingerprint density at radius 3 is 0.875 bits per heavy atom. The predicted molar refractivity (Wildman–Crippen MR) is 385 cm³/mol. The van der Waals surface area contributed by atoms with Crippen LogP contribution in [-0.4, -0.2) is 68.7 Å². The number of carbonyl (C=O) groups excluding carboxylic acids is 1. The summed E-state index contributed by atoms with van der Waals surface area (Å²) in [6.07, 6.45) is 74.8. The number of nitrogens with one attached hydrogen (secondary N) is 2. The fraction of sp³-hybridized carbons (Fsp3) is 0.975. The minimum absolute atomic E-state index is 0.304. The zero-order valence-electron chi connectivity index (χ0n) is 60.9. The van der Waals surface area contributed by atoms with Gasteiger partial charge < -0.3 is 25.7 Å². The number of aliphatic carboxylic acids is 1. The highest BCUT2D eigenvalue weighted by Gasteiger charge is 2.27. The Labute approximate surface area is 550 Å². The zero-order chi connectivity index (χ0) is 64.9. The highest BCUT2D eigenvalue weighted by molar-refractivity contribution is 5.87. The van der Waals surface area contributed by atoms with Crippen LogP contribution in [0.15, 0.2) is 0 Å². The molecule has 0 heterocycles. The van der Waals surface area contributed by atoms with Crippen molar-refractivity contribution in [2.24, 2.45) is 23.7 Å². The lowest BCUT2D eigenvalue weighted by atomic mass is 9.78. The van der Waals surface area contributed by atoms with Gasteiger partial charge in [-0.25, -0.2) is 0 Å². The number of aliphatic hydroxyl groups is 3. The van der Waals surface area contributed by atoms with E-state index in [2.05, 4.69) is 38.3 Å². The molecule has 0 rings (SSSR count). The van der Waals surface area contributed by atoms with Crippen LogP contribution in [0, 0.1) is 23.7 Å². The van der Waals surface area contributed by atoms with Gasteiger partial charge >= 0.3 is 5.97 Å². The van der Waals surface area contributed by atoms with Crippen LogP contribution in [0.5, 0.6) is 0 Å². The molecule has 0 saturated carbocycles. The van der Waals surface area contributed by atoms with E-state index >= 15 is 0 Å². The van der Waals surface area contributed by atoms with Crippen LogP contribution >= 0.6 is 0 Å². The standard InChI is InChI=1S/C80H160N2O6/c1-9-13-17-21-33-45-57-72(74(59-47-35-23-19-15-11-3)63-51-39-27-30-43-55-67-78(86)87)61-49-37-25-28-41-53-65-76(84)79(6,7)82-70-69-81-77(85)66-54-42-29-26-38-50-62-73(58-46-34-22-18-14-10-2)75(60-48-36-24-20-16-12-4)64-52-40-31-32-44-56-68-80(8,88)71(5)83/h71-75,77,81-83,85,88H,9-70H2,1-8H3,(H,86,87). The summed E-state index contributed by atoms with van der Waals surface area (Å²) >= 11 is 0. The molecule has 0 aliphatic heterocycles. The van der Waals surface area contributed by atoms with Gasteiger partial charge in [-0.2, -0.15) is 0 Å². The van der Waals surface area contributed by atoms with Gasteiger partial charge in [0.2, 0.25) is 0 Å². The monoisotopic (exact) mass is 1250 g/mol. The van der Waals surface area contributed by atoms with Crippen molar-refractivity contribution < 1.29 is 30.0 Å². The van der Waals surface area contributed by atoms with E-state index in [0.717, 1.165) is 75.0 Å². The lowest BCUT2D eigenvalue weighted by molar-refractivity contribution is -0.137. The molecule has 0 aromatic carbocycles. The number of rotatable bonds is 73. The van der Waals surface area contributed by atoms with Crippen LogP contribution in [0.25, 0.3) is 0 Å². The van der Waals surface area contributed by atoms with Crippen LogP contribution < -0.4 is 10.6 Å². The second-order valence-electron chi connectivity index (χ2n) is 29.8. The molecule has 0 radical (unpaired) electrons. The number of aliphatic hydroxyl groups excluding tert-OH is 2. The Kier molecular flexibility index (Phi) is 62.6. The smallest absolute Gasteiger partial charge is 0.303 e. The number of hydrogen-bond donors (Lipinski definition) is 6. The number of unbranched alkanes of at least 4 members (excludes halogenated alkanes) is 40. The number of hydrogen-bond acceptors (Lipinski definition) is 7. The van der Waals surface area contributed by atoms with Crippen molar-refractivity contribution in [2.45, 2.75) is 464 Å². The topological polar surface area (TPSA) is 139 Å².